The Hall–Kier alpha value is -2.41. The van der Waals surface area contributed by atoms with E-state index in [1.807, 2.05) is 12.3 Å². The van der Waals surface area contributed by atoms with Crippen LogP contribution in [0.3, 0.4) is 0 Å². The Balaban J connectivity index is 1.81. The fraction of sp³-hybridized carbons (Fsp3) is 0.190. The van der Waals surface area contributed by atoms with Crippen molar-refractivity contribution in [3.63, 3.8) is 0 Å². The molecule has 22 heavy (non-hydrogen) atoms. The minimum Gasteiger partial charge on any atom is -0.256 e. The predicted octanol–water partition coefficient (Wildman–Crippen LogP) is 5.80. The highest BCUT2D eigenvalue weighted by atomic mass is 14.7. The molecule has 2 aromatic carbocycles. The second kappa shape index (κ2) is 7.04. The number of fused-ring (bicyclic) bond motifs is 1. The summed E-state index contributed by atoms with van der Waals surface area (Å²) in [5.74, 6) is 0. The van der Waals surface area contributed by atoms with Gasteiger partial charge in [-0.3, -0.25) is 4.98 Å². The minimum absolute atomic E-state index is 1.07. The second-order valence-electron chi connectivity index (χ2n) is 5.61. The van der Waals surface area contributed by atoms with Gasteiger partial charge < -0.3 is 0 Å². The number of unbranched alkanes of at least 4 members (excludes halogenated alkanes) is 2. The summed E-state index contributed by atoms with van der Waals surface area (Å²) in [5, 5.41) is 2.45. The molecule has 0 saturated heterocycles. The fourth-order valence-electron chi connectivity index (χ4n) is 2.80. The van der Waals surface area contributed by atoms with E-state index < -0.39 is 0 Å². The van der Waals surface area contributed by atoms with Crippen LogP contribution < -0.4 is 0 Å². The Morgan fingerprint density at radius 1 is 0.909 bits per heavy atom. The maximum Gasteiger partial charge on any atom is 0.0780 e. The normalized spacial score (nSPS) is 10.7. The van der Waals surface area contributed by atoms with E-state index in [-0.39, 0.29) is 0 Å². The number of aromatic nitrogens is 1. The first-order valence-electron chi connectivity index (χ1n) is 7.92. The molecule has 1 aromatic heterocycles. The largest absolute Gasteiger partial charge is 0.256 e. The van der Waals surface area contributed by atoms with Gasteiger partial charge in [0.1, 0.15) is 0 Å². The van der Waals surface area contributed by atoms with Crippen LogP contribution in [0.15, 0.2) is 73.4 Å². The van der Waals surface area contributed by atoms with Crippen molar-refractivity contribution in [1.29, 1.82) is 0 Å². The van der Waals surface area contributed by atoms with Gasteiger partial charge in [0.2, 0.25) is 0 Å². The standard InChI is InChI=1S/C21H21N/c1-2-3-4-5-8-17-11-13-19(14-12-17)21-20-10-7-6-9-18(20)15-16-22-21/h2,6-7,9-16H,1,3-5,8H2. The zero-order chi connectivity index (χ0) is 15.2. The lowest BCUT2D eigenvalue weighted by molar-refractivity contribution is 0.748. The smallest absolute Gasteiger partial charge is 0.0780 e. The Kier molecular flexibility index (Phi) is 4.65. The van der Waals surface area contributed by atoms with Gasteiger partial charge in [0, 0.05) is 17.1 Å². The molecule has 0 unspecified atom stereocenters. The molecule has 1 heteroatoms. The van der Waals surface area contributed by atoms with Gasteiger partial charge in [0.15, 0.2) is 0 Å². The molecule has 0 atom stereocenters. The van der Waals surface area contributed by atoms with Crippen molar-refractivity contribution >= 4 is 10.8 Å². The van der Waals surface area contributed by atoms with Crippen molar-refractivity contribution in [3.8, 4) is 11.3 Å². The van der Waals surface area contributed by atoms with Crippen LogP contribution in [0.2, 0.25) is 0 Å². The first kappa shape index (κ1) is 14.5. The molecule has 1 heterocycles. The summed E-state index contributed by atoms with van der Waals surface area (Å²) >= 11 is 0. The van der Waals surface area contributed by atoms with Crippen molar-refractivity contribution in [2.45, 2.75) is 25.7 Å². The summed E-state index contributed by atoms with van der Waals surface area (Å²) in [4.78, 5) is 4.58. The highest BCUT2D eigenvalue weighted by Gasteiger charge is 2.04. The molecule has 1 nitrogen and oxygen atoms in total. The van der Waals surface area contributed by atoms with Crippen LogP contribution >= 0.6 is 0 Å². The van der Waals surface area contributed by atoms with Crippen molar-refractivity contribution in [3.05, 3.63) is 79.0 Å². The summed E-state index contributed by atoms with van der Waals surface area (Å²) in [5.41, 5.74) is 3.65. The molecule has 0 N–H and O–H groups in total. The van der Waals surface area contributed by atoms with Crippen LogP contribution in [-0.4, -0.2) is 4.98 Å². The molecule has 0 amide bonds. The third-order valence-electron chi connectivity index (χ3n) is 4.02. The molecule has 0 aliphatic carbocycles. The maximum atomic E-state index is 4.58. The molecule has 0 aliphatic rings. The van der Waals surface area contributed by atoms with Gasteiger partial charge in [-0.05, 0) is 42.7 Å². The van der Waals surface area contributed by atoms with Crippen LogP contribution in [-0.2, 0) is 6.42 Å². The molecular formula is C21H21N. The number of benzene rings is 2. The average Bonchev–Trinajstić information content (AvgIpc) is 2.59. The molecule has 110 valence electrons. The number of nitrogens with zero attached hydrogens (tertiary/aromatic N) is 1. The van der Waals surface area contributed by atoms with Gasteiger partial charge in [-0.25, -0.2) is 0 Å². The van der Waals surface area contributed by atoms with Crippen molar-refractivity contribution in [1.82, 2.24) is 4.98 Å². The molecular weight excluding hydrogens is 266 g/mol. The molecule has 0 aliphatic heterocycles. The quantitative estimate of drug-likeness (QED) is 0.412. The molecule has 3 rings (SSSR count). The Bertz CT molecular complexity index is 751. The predicted molar refractivity (Wildman–Crippen MR) is 94.9 cm³/mol. The van der Waals surface area contributed by atoms with Gasteiger partial charge in [-0.2, -0.15) is 0 Å². The number of allylic oxidation sites excluding steroid dienone is 1. The first-order valence-corrected chi connectivity index (χ1v) is 7.92. The summed E-state index contributed by atoms with van der Waals surface area (Å²) < 4.78 is 0. The van der Waals surface area contributed by atoms with Gasteiger partial charge in [0.05, 0.1) is 5.69 Å². The Morgan fingerprint density at radius 3 is 2.55 bits per heavy atom. The second-order valence-corrected chi connectivity index (χ2v) is 5.61. The highest BCUT2D eigenvalue weighted by molar-refractivity contribution is 5.94. The van der Waals surface area contributed by atoms with Gasteiger partial charge >= 0.3 is 0 Å². The fourth-order valence-corrected chi connectivity index (χ4v) is 2.80. The SMILES string of the molecule is C=CCCCCc1ccc(-c2nccc3ccccc23)cc1. The zero-order valence-corrected chi connectivity index (χ0v) is 12.8. The van der Waals surface area contributed by atoms with Crippen LogP contribution in [0.4, 0.5) is 0 Å². The summed E-state index contributed by atoms with van der Waals surface area (Å²) in [7, 11) is 0. The summed E-state index contributed by atoms with van der Waals surface area (Å²) in [6.07, 6.45) is 8.57. The van der Waals surface area contributed by atoms with E-state index in [0.717, 1.165) is 18.5 Å². The van der Waals surface area contributed by atoms with E-state index in [1.54, 1.807) is 0 Å². The van der Waals surface area contributed by atoms with Crippen molar-refractivity contribution in [2.75, 3.05) is 0 Å². The number of hydrogen-bond donors (Lipinski definition) is 0. The van der Waals surface area contributed by atoms with Crippen LogP contribution in [0.5, 0.6) is 0 Å². The van der Waals surface area contributed by atoms with Crippen LogP contribution in [0, 0.1) is 0 Å². The summed E-state index contributed by atoms with van der Waals surface area (Å²) in [6.45, 7) is 3.77. The van der Waals surface area contributed by atoms with E-state index in [2.05, 4.69) is 66.2 Å². The van der Waals surface area contributed by atoms with E-state index in [1.165, 1.54) is 34.7 Å². The van der Waals surface area contributed by atoms with Crippen LogP contribution in [0.1, 0.15) is 24.8 Å². The molecule has 3 aromatic rings. The van der Waals surface area contributed by atoms with E-state index in [9.17, 15) is 0 Å². The van der Waals surface area contributed by atoms with Gasteiger partial charge in [-0.15, -0.1) is 6.58 Å². The molecule has 0 fully saturated rings. The third kappa shape index (κ3) is 3.25. The highest BCUT2D eigenvalue weighted by Crippen LogP contribution is 2.26. The third-order valence-corrected chi connectivity index (χ3v) is 4.02. The number of pyridine rings is 1. The molecule has 0 saturated carbocycles. The first-order chi connectivity index (χ1) is 10.9. The number of hydrogen-bond acceptors (Lipinski definition) is 1. The average molecular weight is 287 g/mol. The minimum atomic E-state index is 1.07. The lowest BCUT2D eigenvalue weighted by Gasteiger charge is -2.07. The zero-order valence-electron chi connectivity index (χ0n) is 12.8. The summed E-state index contributed by atoms with van der Waals surface area (Å²) in [6, 6.07) is 19.3. The Labute approximate surface area is 132 Å². The molecule has 0 spiro atoms. The van der Waals surface area contributed by atoms with E-state index in [4.69, 9.17) is 0 Å². The van der Waals surface area contributed by atoms with Crippen molar-refractivity contribution in [2.24, 2.45) is 0 Å². The molecule has 0 bridgehead atoms. The Morgan fingerprint density at radius 2 is 1.73 bits per heavy atom. The van der Waals surface area contributed by atoms with Gasteiger partial charge in [0.25, 0.3) is 0 Å². The van der Waals surface area contributed by atoms with E-state index >= 15 is 0 Å². The maximum absolute atomic E-state index is 4.58. The lowest BCUT2D eigenvalue weighted by atomic mass is 10.0. The lowest BCUT2D eigenvalue weighted by Crippen LogP contribution is -1.88. The molecule has 0 radical (unpaired) electrons. The van der Waals surface area contributed by atoms with Gasteiger partial charge in [-0.1, -0.05) is 54.6 Å². The topological polar surface area (TPSA) is 12.9 Å². The van der Waals surface area contributed by atoms with E-state index in [0.29, 0.717) is 0 Å². The number of rotatable bonds is 6. The van der Waals surface area contributed by atoms with Crippen molar-refractivity contribution < 1.29 is 0 Å². The van der Waals surface area contributed by atoms with Crippen LogP contribution in [0.25, 0.3) is 22.0 Å². The monoisotopic (exact) mass is 287 g/mol. The number of aryl methyl sites for hydroxylation is 1.